The van der Waals surface area contributed by atoms with Crippen LogP contribution in [0.25, 0.3) is 0 Å². The SMILES string of the molecule is CC(NC(=O)CCS)C(=O)N1CCCCC1. The monoisotopic (exact) mass is 244 g/mol. The predicted molar refractivity (Wildman–Crippen MR) is 66.5 cm³/mol. The van der Waals surface area contributed by atoms with Gasteiger partial charge in [-0.2, -0.15) is 12.6 Å². The van der Waals surface area contributed by atoms with Crippen molar-refractivity contribution in [3.8, 4) is 0 Å². The van der Waals surface area contributed by atoms with Crippen molar-refractivity contribution in [3.63, 3.8) is 0 Å². The molecule has 0 aliphatic carbocycles. The number of hydrogen-bond donors (Lipinski definition) is 2. The molecular formula is C11H20N2O2S. The molecule has 0 aromatic carbocycles. The van der Waals surface area contributed by atoms with Gasteiger partial charge in [0, 0.05) is 19.5 Å². The summed E-state index contributed by atoms with van der Waals surface area (Å²) in [7, 11) is 0. The number of thiol groups is 1. The van der Waals surface area contributed by atoms with Gasteiger partial charge in [-0.3, -0.25) is 9.59 Å². The van der Waals surface area contributed by atoms with Gasteiger partial charge in [0.1, 0.15) is 6.04 Å². The first-order valence-electron chi connectivity index (χ1n) is 5.84. The number of nitrogens with zero attached hydrogens (tertiary/aromatic N) is 1. The summed E-state index contributed by atoms with van der Waals surface area (Å²) in [5, 5.41) is 2.70. The number of carbonyl (C=O) groups is 2. The Hall–Kier alpha value is -0.710. The fourth-order valence-electron chi connectivity index (χ4n) is 1.87. The lowest BCUT2D eigenvalue weighted by Gasteiger charge is -2.29. The van der Waals surface area contributed by atoms with Gasteiger partial charge in [0.15, 0.2) is 0 Å². The second-order valence-corrected chi connectivity index (χ2v) is 4.60. The Balaban J connectivity index is 2.37. The quantitative estimate of drug-likeness (QED) is 0.720. The van der Waals surface area contributed by atoms with Gasteiger partial charge in [-0.05, 0) is 31.9 Å². The number of rotatable bonds is 4. The van der Waals surface area contributed by atoms with Crippen LogP contribution in [-0.2, 0) is 9.59 Å². The largest absolute Gasteiger partial charge is 0.345 e. The summed E-state index contributed by atoms with van der Waals surface area (Å²) in [4.78, 5) is 25.1. The van der Waals surface area contributed by atoms with Gasteiger partial charge in [0.05, 0.1) is 0 Å². The van der Waals surface area contributed by atoms with Crippen LogP contribution in [0.3, 0.4) is 0 Å². The van der Waals surface area contributed by atoms with E-state index in [1.807, 2.05) is 4.90 Å². The number of hydrogen-bond acceptors (Lipinski definition) is 3. The normalized spacial score (nSPS) is 18.0. The Kier molecular flexibility index (Phi) is 5.66. The van der Waals surface area contributed by atoms with Crippen molar-refractivity contribution < 1.29 is 9.59 Å². The van der Waals surface area contributed by atoms with E-state index in [0.29, 0.717) is 12.2 Å². The van der Waals surface area contributed by atoms with E-state index in [1.54, 1.807) is 6.92 Å². The molecule has 0 spiro atoms. The van der Waals surface area contributed by atoms with Crippen molar-refractivity contribution in [2.45, 2.75) is 38.6 Å². The summed E-state index contributed by atoms with van der Waals surface area (Å²) in [6, 6.07) is -0.412. The molecule has 1 fully saturated rings. The van der Waals surface area contributed by atoms with E-state index in [-0.39, 0.29) is 11.8 Å². The molecule has 5 heteroatoms. The number of nitrogens with one attached hydrogen (secondary N) is 1. The first kappa shape index (κ1) is 13.4. The first-order valence-corrected chi connectivity index (χ1v) is 6.47. The Labute approximate surface area is 102 Å². The average Bonchev–Trinajstić information content (AvgIpc) is 2.29. The van der Waals surface area contributed by atoms with Gasteiger partial charge < -0.3 is 10.2 Å². The van der Waals surface area contributed by atoms with E-state index in [4.69, 9.17) is 0 Å². The van der Waals surface area contributed by atoms with Crippen LogP contribution in [0.5, 0.6) is 0 Å². The summed E-state index contributed by atoms with van der Waals surface area (Å²) in [6.07, 6.45) is 3.71. The van der Waals surface area contributed by atoms with Gasteiger partial charge in [-0.25, -0.2) is 0 Å². The lowest BCUT2D eigenvalue weighted by atomic mass is 10.1. The molecule has 0 aromatic heterocycles. The van der Waals surface area contributed by atoms with Crippen LogP contribution in [-0.4, -0.2) is 41.6 Å². The van der Waals surface area contributed by atoms with Crippen molar-refractivity contribution in [1.82, 2.24) is 10.2 Å². The zero-order chi connectivity index (χ0) is 12.0. The summed E-state index contributed by atoms with van der Waals surface area (Å²) in [6.45, 7) is 3.39. The van der Waals surface area contributed by atoms with Crippen LogP contribution >= 0.6 is 12.6 Å². The van der Waals surface area contributed by atoms with Crippen LogP contribution < -0.4 is 5.32 Å². The highest BCUT2D eigenvalue weighted by atomic mass is 32.1. The van der Waals surface area contributed by atoms with Gasteiger partial charge >= 0.3 is 0 Å². The summed E-state index contributed by atoms with van der Waals surface area (Å²) < 4.78 is 0. The molecule has 0 bridgehead atoms. The van der Waals surface area contributed by atoms with Gasteiger partial charge in [0.25, 0.3) is 0 Å². The number of carbonyl (C=O) groups excluding carboxylic acids is 2. The van der Waals surface area contributed by atoms with Crippen molar-refractivity contribution in [3.05, 3.63) is 0 Å². The molecule has 1 N–H and O–H groups in total. The maximum atomic E-state index is 11.9. The molecule has 0 aromatic rings. The van der Waals surface area contributed by atoms with Crippen molar-refractivity contribution in [2.24, 2.45) is 0 Å². The molecule has 16 heavy (non-hydrogen) atoms. The third-order valence-electron chi connectivity index (χ3n) is 2.75. The molecule has 1 heterocycles. The fourth-order valence-corrected chi connectivity index (χ4v) is 2.07. The van der Waals surface area contributed by atoms with E-state index in [2.05, 4.69) is 17.9 Å². The molecule has 4 nitrogen and oxygen atoms in total. The molecule has 1 aliphatic heterocycles. The van der Waals surface area contributed by atoms with E-state index in [0.717, 1.165) is 25.9 Å². The van der Waals surface area contributed by atoms with Gasteiger partial charge in [-0.1, -0.05) is 0 Å². The topological polar surface area (TPSA) is 49.4 Å². The molecule has 1 aliphatic rings. The minimum atomic E-state index is -0.412. The Morgan fingerprint density at radius 2 is 1.94 bits per heavy atom. The second kappa shape index (κ2) is 6.78. The summed E-state index contributed by atoms with van der Waals surface area (Å²) in [5.41, 5.74) is 0. The summed E-state index contributed by atoms with van der Waals surface area (Å²) in [5.74, 6) is 0.441. The lowest BCUT2D eigenvalue weighted by molar-refractivity contribution is -0.136. The second-order valence-electron chi connectivity index (χ2n) is 4.15. The third kappa shape index (κ3) is 4.04. The minimum absolute atomic E-state index is 0.0345. The van der Waals surface area contributed by atoms with Crippen LogP contribution in [0, 0.1) is 0 Å². The lowest BCUT2D eigenvalue weighted by Crippen LogP contribution is -2.48. The number of likely N-dealkylation sites (tertiary alicyclic amines) is 1. The first-order chi connectivity index (χ1) is 7.65. The standard InChI is InChI=1S/C11H20N2O2S/c1-9(12-10(14)5-8-16)11(15)13-6-3-2-4-7-13/h9,16H,2-8H2,1H3,(H,12,14). The Bertz CT molecular complexity index is 252. The highest BCUT2D eigenvalue weighted by Crippen LogP contribution is 2.09. The highest BCUT2D eigenvalue weighted by molar-refractivity contribution is 7.80. The smallest absolute Gasteiger partial charge is 0.244 e. The molecule has 1 rings (SSSR count). The number of piperidine rings is 1. The minimum Gasteiger partial charge on any atom is -0.345 e. The van der Waals surface area contributed by atoms with E-state index in [9.17, 15) is 9.59 Å². The Morgan fingerprint density at radius 1 is 1.31 bits per heavy atom. The van der Waals surface area contributed by atoms with E-state index < -0.39 is 6.04 Å². The molecule has 2 amide bonds. The molecule has 1 saturated heterocycles. The van der Waals surface area contributed by atoms with Crippen LogP contribution in [0.15, 0.2) is 0 Å². The molecule has 1 atom stereocenters. The van der Waals surface area contributed by atoms with Crippen LogP contribution in [0.1, 0.15) is 32.6 Å². The summed E-state index contributed by atoms with van der Waals surface area (Å²) >= 11 is 3.98. The molecular weight excluding hydrogens is 224 g/mol. The maximum absolute atomic E-state index is 11.9. The molecule has 92 valence electrons. The molecule has 0 radical (unpaired) electrons. The van der Waals surface area contributed by atoms with Crippen molar-refractivity contribution in [2.75, 3.05) is 18.8 Å². The molecule has 0 saturated carbocycles. The maximum Gasteiger partial charge on any atom is 0.244 e. The number of amides is 2. The highest BCUT2D eigenvalue weighted by Gasteiger charge is 2.22. The zero-order valence-electron chi connectivity index (χ0n) is 9.74. The van der Waals surface area contributed by atoms with Crippen LogP contribution in [0.4, 0.5) is 0 Å². The average molecular weight is 244 g/mol. The van der Waals surface area contributed by atoms with Crippen molar-refractivity contribution >= 4 is 24.4 Å². The van der Waals surface area contributed by atoms with E-state index in [1.165, 1.54) is 6.42 Å². The predicted octanol–water partition coefficient (Wildman–Crippen LogP) is 0.823. The third-order valence-corrected chi connectivity index (χ3v) is 2.98. The molecule has 1 unspecified atom stereocenters. The fraction of sp³-hybridized carbons (Fsp3) is 0.818. The van der Waals surface area contributed by atoms with Crippen LogP contribution in [0.2, 0.25) is 0 Å². The van der Waals surface area contributed by atoms with Gasteiger partial charge in [0.2, 0.25) is 11.8 Å². The van der Waals surface area contributed by atoms with E-state index >= 15 is 0 Å². The zero-order valence-corrected chi connectivity index (χ0v) is 10.6. The van der Waals surface area contributed by atoms with Crippen molar-refractivity contribution in [1.29, 1.82) is 0 Å². The Morgan fingerprint density at radius 3 is 2.50 bits per heavy atom. The van der Waals surface area contributed by atoms with Gasteiger partial charge in [-0.15, -0.1) is 0 Å².